The van der Waals surface area contributed by atoms with Gasteiger partial charge in [0.05, 0.1) is 0 Å². The first kappa shape index (κ1) is 16.2. The van der Waals surface area contributed by atoms with Crippen molar-refractivity contribution in [2.75, 3.05) is 5.32 Å². The summed E-state index contributed by atoms with van der Waals surface area (Å²) < 4.78 is 0. The first-order valence-corrected chi connectivity index (χ1v) is 7.36. The number of carbonyl (C=O) groups excluding carboxylic acids is 1. The number of carbonyl (C=O) groups is 1. The molecular formula is C15H9Cl4NO. The van der Waals surface area contributed by atoms with E-state index in [1.54, 1.807) is 42.5 Å². The highest BCUT2D eigenvalue weighted by Gasteiger charge is 2.04. The molecule has 108 valence electrons. The van der Waals surface area contributed by atoms with Gasteiger partial charge in [-0.25, -0.2) is 0 Å². The maximum absolute atomic E-state index is 11.9. The van der Waals surface area contributed by atoms with Crippen LogP contribution in [0.3, 0.4) is 0 Å². The monoisotopic (exact) mass is 359 g/mol. The van der Waals surface area contributed by atoms with E-state index in [4.69, 9.17) is 46.4 Å². The van der Waals surface area contributed by atoms with Gasteiger partial charge in [-0.3, -0.25) is 4.79 Å². The predicted molar refractivity (Wildman–Crippen MR) is 90.6 cm³/mol. The van der Waals surface area contributed by atoms with Gasteiger partial charge in [0.25, 0.3) is 0 Å². The van der Waals surface area contributed by atoms with E-state index in [9.17, 15) is 4.79 Å². The second-order valence-corrected chi connectivity index (χ2v) is 5.80. The van der Waals surface area contributed by atoms with Gasteiger partial charge in [0, 0.05) is 37.4 Å². The highest BCUT2D eigenvalue weighted by atomic mass is 35.5. The van der Waals surface area contributed by atoms with E-state index in [-0.39, 0.29) is 5.91 Å². The highest BCUT2D eigenvalue weighted by molar-refractivity contribution is 6.37. The molecule has 6 heteroatoms. The fraction of sp³-hybridized carbons (Fsp3) is 0. The third-order valence-electron chi connectivity index (χ3n) is 2.53. The molecule has 0 aliphatic rings. The number of halogens is 4. The van der Waals surface area contributed by atoms with Gasteiger partial charge in [-0.2, -0.15) is 0 Å². The quantitative estimate of drug-likeness (QED) is 0.673. The van der Waals surface area contributed by atoms with E-state index in [0.29, 0.717) is 31.3 Å². The number of anilines is 1. The van der Waals surface area contributed by atoms with Gasteiger partial charge in [0.15, 0.2) is 0 Å². The van der Waals surface area contributed by atoms with Gasteiger partial charge in [-0.1, -0.05) is 52.5 Å². The molecule has 1 N–H and O–H groups in total. The molecule has 2 nitrogen and oxygen atoms in total. The van der Waals surface area contributed by atoms with Crippen LogP contribution in [-0.2, 0) is 4.79 Å². The lowest BCUT2D eigenvalue weighted by Crippen LogP contribution is -2.07. The zero-order chi connectivity index (χ0) is 15.4. The number of rotatable bonds is 3. The molecule has 0 saturated heterocycles. The van der Waals surface area contributed by atoms with E-state index in [1.165, 1.54) is 6.08 Å². The predicted octanol–water partition coefficient (Wildman–Crippen LogP) is 5.95. The Hall–Kier alpha value is -1.19. The molecule has 0 aliphatic carbocycles. The van der Waals surface area contributed by atoms with Crippen molar-refractivity contribution in [2.45, 2.75) is 0 Å². The first-order valence-electron chi connectivity index (χ1n) is 5.85. The van der Waals surface area contributed by atoms with Crippen molar-refractivity contribution in [1.29, 1.82) is 0 Å². The van der Waals surface area contributed by atoms with Crippen LogP contribution in [0, 0.1) is 0 Å². The Morgan fingerprint density at radius 3 is 2.10 bits per heavy atom. The van der Waals surface area contributed by atoms with Gasteiger partial charge in [0.1, 0.15) is 0 Å². The smallest absolute Gasteiger partial charge is 0.248 e. The molecular weight excluding hydrogens is 352 g/mol. The van der Waals surface area contributed by atoms with Crippen LogP contribution in [0.15, 0.2) is 42.5 Å². The van der Waals surface area contributed by atoms with Gasteiger partial charge in [0.2, 0.25) is 5.91 Å². The molecule has 0 heterocycles. The molecule has 0 unspecified atom stereocenters. The van der Waals surface area contributed by atoms with E-state index in [2.05, 4.69) is 5.32 Å². The molecule has 0 aromatic heterocycles. The lowest BCUT2D eigenvalue weighted by Gasteiger charge is -2.04. The van der Waals surface area contributed by atoms with Gasteiger partial charge >= 0.3 is 0 Å². The van der Waals surface area contributed by atoms with Gasteiger partial charge < -0.3 is 5.32 Å². The molecule has 0 saturated carbocycles. The zero-order valence-corrected chi connectivity index (χ0v) is 13.6. The van der Waals surface area contributed by atoms with E-state index in [1.807, 2.05) is 0 Å². The lowest BCUT2D eigenvalue weighted by atomic mass is 10.2. The Morgan fingerprint density at radius 1 is 0.952 bits per heavy atom. The Kier molecular flexibility index (Phi) is 5.54. The molecule has 0 fully saturated rings. The van der Waals surface area contributed by atoms with Crippen molar-refractivity contribution < 1.29 is 4.79 Å². The fourth-order valence-corrected chi connectivity index (χ4v) is 2.69. The second-order valence-electron chi connectivity index (χ2n) is 4.12. The van der Waals surface area contributed by atoms with E-state index >= 15 is 0 Å². The Balaban J connectivity index is 2.13. The zero-order valence-electron chi connectivity index (χ0n) is 10.5. The van der Waals surface area contributed by atoms with Gasteiger partial charge in [-0.05, 0) is 36.4 Å². The molecule has 0 atom stereocenters. The topological polar surface area (TPSA) is 29.1 Å². The maximum Gasteiger partial charge on any atom is 0.248 e. The van der Waals surface area contributed by atoms with E-state index < -0.39 is 0 Å². The molecule has 2 rings (SSSR count). The maximum atomic E-state index is 11.9. The van der Waals surface area contributed by atoms with Crippen molar-refractivity contribution in [3.63, 3.8) is 0 Å². The largest absolute Gasteiger partial charge is 0.322 e. The van der Waals surface area contributed by atoms with Crippen molar-refractivity contribution in [3.05, 3.63) is 68.1 Å². The Labute approximate surface area is 142 Å². The molecule has 1 amide bonds. The molecule has 0 aliphatic heterocycles. The third kappa shape index (κ3) is 4.65. The molecule has 21 heavy (non-hydrogen) atoms. The molecule has 0 bridgehead atoms. The van der Waals surface area contributed by atoms with Crippen LogP contribution in [0.5, 0.6) is 0 Å². The Morgan fingerprint density at radius 2 is 1.52 bits per heavy atom. The van der Waals surface area contributed by atoms with Gasteiger partial charge in [-0.15, -0.1) is 0 Å². The van der Waals surface area contributed by atoms with Crippen LogP contribution < -0.4 is 5.32 Å². The van der Waals surface area contributed by atoms with Crippen molar-refractivity contribution >= 4 is 64.1 Å². The molecule has 0 radical (unpaired) electrons. The van der Waals surface area contributed by atoms with Crippen molar-refractivity contribution in [2.24, 2.45) is 0 Å². The number of hydrogen-bond acceptors (Lipinski definition) is 1. The van der Waals surface area contributed by atoms with Crippen molar-refractivity contribution in [3.8, 4) is 0 Å². The SMILES string of the molecule is O=C(C=Cc1c(Cl)cccc1Cl)Nc1cc(Cl)cc(Cl)c1. The number of benzene rings is 2. The third-order valence-corrected chi connectivity index (χ3v) is 3.63. The minimum Gasteiger partial charge on any atom is -0.322 e. The normalized spacial score (nSPS) is 10.9. The number of nitrogens with one attached hydrogen (secondary N) is 1. The minimum atomic E-state index is -0.343. The molecule has 0 spiro atoms. The van der Waals surface area contributed by atoms with Crippen LogP contribution in [0.4, 0.5) is 5.69 Å². The summed E-state index contributed by atoms with van der Waals surface area (Å²) in [5.74, 6) is -0.343. The summed E-state index contributed by atoms with van der Waals surface area (Å²) in [6.07, 6.45) is 2.88. The summed E-state index contributed by atoms with van der Waals surface area (Å²) in [6.45, 7) is 0. The average Bonchev–Trinajstić information content (AvgIpc) is 2.36. The summed E-state index contributed by atoms with van der Waals surface area (Å²) in [5, 5.41) is 4.47. The molecule has 2 aromatic rings. The van der Waals surface area contributed by atoms with Crippen LogP contribution >= 0.6 is 46.4 Å². The van der Waals surface area contributed by atoms with Crippen LogP contribution in [-0.4, -0.2) is 5.91 Å². The highest BCUT2D eigenvalue weighted by Crippen LogP contribution is 2.26. The number of hydrogen-bond donors (Lipinski definition) is 1. The average molecular weight is 361 g/mol. The summed E-state index contributed by atoms with van der Waals surface area (Å²) in [5.41, 5.74) is 1.09. The minimum absolute atomic E-state index is 0.343. The van der Waals surface area contributed by atoms with Crippen molar-refractivity contribution in [1.82, 2.24) is 0 Å². The lowest BCUT2D eigenvalue weighted by molar-refractivity contribution is -0.111. The van der Waals surface area contributed by atoms with Crippen LogP contribution in [0.2, 0.25) is 20.1 Å². The Bertz CT molecular complexity index is 672. The number of amides is 1. The van der Waals surface area contributed by atoms with E-state index in [0.717, 1.165) is 0 Å². The first-order chi connectivity index (χ1) is 9.95. The molecule has 2 aromatic carbocycles. The van der Waals surface area contributed by atoms with Crippen LogP contribution in [0.1, 0.15) is 5.56 Å². The standard InChI is InChI=1S/C15H9Cl4NO/c16-9-6-10(17)8-11(7-9)20-15(21)5-4-12-13(18)2-1-3-14(12)19/h1-8H,(H,20,21). The summed E-state index contributed by atoms with van der Waals surface area (Å²) in [7, 11) is 0. The summed E-state index contributed by atoms with van der Waals surface area (Å²) in [6, 6.07) is 9.90. The summed E-state index contributed by atoms with van der Waals surface area (Å²) in [4.78, 5) is 11.9. The second kappa shape index (κ2) is 7.19. The van der Waals surface area contributed by atoms with Crippen LogP contribution in [0.25, 0.3) is 6.08 Å². The fourth-order valence-electron chi connectivity index (χ4n) is 1.64. The summed E-state index contributed by atoms with van der Waals surface area (Å²) >= 11 is 23.7.